The van der Waals surface area contributed by atoms with Gasteiger partial charge in [-0.05, 0) is 30.3 Å². The SMILES string of the molecule is Oc1ccc2c(c1)[nH]c1ccc3c4ccccc4oc3c12. The van der Waals surface area contributed by atoms with Crippen molar-refractivity contribution in [3.05, 3.63) is 54.6 Å². The molecule has 2 aromatic heterocycles. The molecule has 0 aliphatic carbocycles. The monoisotopic (exact) mass is 273 g/mol. The number of benzene rings is 3. The van der Waals surface area contributed by atoms with Crippen molar-refractivity contribution < 1.29 is 9.52 Å². The zero-order valence-corrected chi connectivity index (χ0v) is 11.1. The minimum atomic E-state index is 0.259. The summed E-state index contributed by atoms with van der Waals surface area (Å²) >= 11 is 0. The van der Waals surface area contributed by atoms with Gasteiger partial charge in [-0.3, -0.25) is 0 Å². The molecule has 0 spiro atoms. The van der Waals surface area contributed by atoms with Crippen LogP contribution in [0.3, 0.4) is 0 Å². The lowest BCUT2D eigenvalue weighted by Crippen LogP contribution is -1.69. The molecule has 0 atom stereocenters. The quantitative estimate of drug-likeness (QED) is 0.420. The molecule has 21 heavy (non-hydrogen) atoms. The molecule has 0 saturated carbocycles. The Hall–Kier alpha value is -2.94. The lowest BCUT2D eigenvalue weighted by Gasteiger charge is -1.94. The zero-order valence-electron chi connectivity index (χ0n) is 11.1. The first-order valence-corrected chi connectivity index (χ1v) is 6.86. The second kappa shape index (κ2) is 3.58. The Kier molecular flexibility index (Phi) is 1.84. The molecule has 0 bridgehead atoms. The van der Waals surface area contributed by atoms with Crippen molar-refractivity contribution in [2.45, 2.75) is 0 Å². The van der Waals surface area contributed by atoms with Crippen LogP contribution in [0.1, 0.15) is 0 Å². The summed E-state index contributed by atoms with van der Waals surface area (Å²) in [6, 6.07) is 17.6. The van der Waals surface area contributed by atoms with Gasteiger partial charge < -0.3 is 14.5 Å². The highest BCUT2D eigenvalue weighted by atomic mass is 16.3. The van der Waals surface area contributed by atoms with Gasteiger partial charge in [-0.15, -0.1) is 0 Å². The molecule has 0 unspecified atom stereocenters. The second-order valence-electron chi connectivity index (χ2n) is 5.32. The van der Waals surface area contributed by atoms with Gasteiger partial charge in [0.15, 0.2) is 0 Å². The molecular weight excluding hydrogens is 262 g/mol. The summed E-state index contributed by atoms with van der Waals surface area (Å²) in [5, 5.41) is 14.0. The summed E-state index contributed by atoms with van der Waals surface area (Å²) in [6.07, 6.45) is 0. The van der Waals surface area contributed by atoms with Crippen LogP contribution in [0.4, 0.5) is 0 Å². The maximum Gasteiger partial charge on any atom is 0.145 e. The van der Waals surface area contributed by atoms with Gasteiger partial charge in [0, 0.05) is 22.2 Å². The molecule has 5 aromatic rings. The molecule has 0 aliphatic heterocycles. The normalized spacial score (nSPS) is 12.0. The van der Waals surface area contributed by atoms with E-state index in [0.717, 1.165) is 43.7 Å². The third kappa shape index (κ3) is 1.32. The summed E-state index contributed by atoms with van der Waals surface area (Å²) in [6.45, 7) is 0. The molecule has 0 aliphatic rings. The number of aromatic nitrogens is 1. The fraction of sp³-hybridized carbons (Fsp3) is 0. The van der Waals surface area contributed by atoms with Crippen molar-refractivity contribution in [1.29, 1.82) is 0 Å². The van der Waals surface area contributed by atoms with E-state index in [1.165, 1.54) is 0 Å². The molecule has 2 heterocycles. The van der Waals surface area contributed by atoms with Crippen molar-refractivity contribution >= 4 is 43.7 Å². The van der Waals surface area contributed by atoms with Gasteiger partial charge in [0.05, 0.1) is 16.4 Å². The molecule has 3 nitrogen and oxygen atoms in total. The van der Waals surface area contributed by atoms with Crippen molar-refractivity contribution in [3.63, 3.8) is 0 Å². The van der Waals surface area contributed by atoms with E-state index in [-0.39, 0.29) is 5.75 Å². The first-order valence-electron chi connectivity index (χ1n) is 6.86. The number of para-hydroxylation sites is 1. The van der Waals surface area contributed by atoms with Gasteiger partial charge >= 0.3 is 0 Å². The van der Waals surface area contributed by atoms with E-state index in [9.17, 15) is 5.11 Å². The van der Waals surface area contributed by atoms with Crippen molar-refractivity contribution in [2.75, 3.05) is 0 Å². The molecule has 2 N–H and O–H groups in total. The number of hydrogen-bond acceptors (Lipinski definition) is 2. The Bertz CT molecular complexity index is 1150. The van der Waals surface area contributed by atoms with E-state index in [1.807, 2.05) is 24.3 Å². The average Bonchev–Trinajstić information content (AvgIpc) is 3.03. The lowest BCUT2D eigenvalue weighted by atomic mass is 10.1. The summed E-state index contributed by atoms with van der Waals surface area (Å²) in [5.74, 6) is 0.259. The predicted molar refractivity (Wildman–Crippen MR) is 84.7 cm³/mol. The highest BCUT2D eigenvalue weighted by Crippen LogP contribution is 2.37. The molecule has 0 amide bonds. The molecule has 0 saturated heterocycles. The van der Waals surface area contributed by atoms with Crippen LogP contribution in [0.5, 0.6) is 5.75 Å². The van der Waals surface area contributed by atoms with Crippen LogP contribution in [-0.4, -0.2) is 10.1 Å². The Labute approximate surface area is 119 Å². The third-order valence-corrected chi connectivity index (χ3v) is 4.09. The summed E-state index contributed by atoms with van der Waals surface area (Å²) < 4.78 is 6.08. The number of aromatic hydroxyl groups is 1. The number of phenolic OH excluding ortho intramolecular Hbond substituents is 1. The maximum absolute atomic E-state index is 9.64. The Morgan fingerprint density at radius 2 is 1.67 bits per heavy atom. The third-order valence-electron chi connectivity index (χ3n) is 4.09. The maximum atomic E-state index is 9.64. The van der Waals surface area contributed by atoms with Gasteiger partial charge in [-0.1, -0.05) is 18.2 Å². The molecule has 0 fully saturated rings. The van der Waals surface area contributed by atoms with Gasteiger partial charge in [-0.2, -0.15) is 0 Å². The smallest absolute Gasteiger partial charge is 0.145 e. The van der Waals surface area contributed by atoms with Crippen LogP contribution >= 0.6 is 0 Å². The number of H-pyrrole nitrogens is 1. The van der Waals surface area contributed by atoms with Crippen LogP contribution in [0.15, 0.2) is 59.0 Å². The Balaban J connectivity index is 2.09. The van der Waals surface area contributed by atoms with E-state index in [1.54, 1.807) is 12.1 Å². The number of aromatic amines is 1. The Morgan fingerprint density at radius 3 is 2.62 bits per heavy atom. The first-order chi connectivity index (χ1) is 10.3. The molecule has 3 aromatic carbocycles. The van der Waals surface area contributed by atoms with Gasteiger partial charge in [0.2, 0.25) is 0 Å². The number of phenols is 1. The topological polar surface area (TPSA) is 49.2 Å². The molecule has 5 rings (SSSR count). The van der Waals surface area contributed by atoms with E-state index in [4.69, 9.17) is 4.42 Å². The van der Waals surface area contributed by atoms with Crippen molar-refractivity contribution in [3.8, 4) is 5.75 Å². The molecular formula is C18H11NO2. The van der Waals surface area contributed by atoms with E-state index >= 15 is 0 Å². The number of hydrogen-bond donors (Lipinski definition) is 2. The van der Waals surface area contributed by atoms with Gasteiger partial charge in [0.25, 0.3) is 0 Å². The average molecular weight is 273 g/mol. The largest absolute Gasteiger partial charge is 0.508 e. The summed E-state index contributed by atoms with van der Waals surface area (Å²) in [5.41, 5.74) is 3.72. The second-order valence-corrected chi connectivity index (χ2v) is 5.32. The summed E-state index contributed by atoms with van der Waals surface area (Å²) in [4.78, 5) is 3.34. The Morgan fingerprint density at radius 1 is 0.810 bits per heavy atom. The zero-order chi connectivity index (χ0) is 14.0. The number of rotatable bonds is 0. The lowest BCUT2D eigenvalue weighted by molar-refractivity contribution is 0.476. The van der Waals surface area contributed by atoms with Crippen LogP contribution in [0.25, 0.3) is 43.7 Å². The molecule has 0 radical (unpaired) electrons. The van der Waals surface area contributed by atoms with Crippen LogP contribution in [0, 0.1) is 0 Å². The highest BCUT2D eigenvalue weighted by Gasteiger charge is 2.14. The fourth-order valence-electron chi connectivity index (χ4n) is 3.16. The van der Waals surface area contributed by atoms with Crippen molar-refractivity contribution in [2.24, 2.45) is 0 Å². The predicted octanol–water partition coefficient (Wildman–Crippen LogP) is 4.93. The highest BCUT2D eigenvalue weighted by molar-refractivity contribution is 6.22. The van der Waals surface area contributed by atoms with E-state index in [0.29, 0.717) is 0 Å². The van der Waals surface area contributed by atoms with Crippen molar-refractivity contribution in [1.82, 2.24) is 4.98 Å². The molecule has 3 heteroatoms. The minimum absolute atomic E-state index is 0.259. The standard InChI is InChI=1S/C18H11NO2/c20-10-5-6-13-15(9-10)19-14-8-7-12-11-3-1-2-4-16(11)21-18(12)17(13)14/h1-9,19-20H. The van der Waals surface area contributed by atoms with E-state index in [2.05, 4.69) is 23.2 Å². The first kappa shape index (κ1) is 10.8. The van der Waals surface area contributed by atoms with Crippen LogP contribution < -0.4 is 0 Å². The number of furan rings is 1. The number of fused-ring (bicyclic) bond motifs is 7. The van der Waals surface area contributed by atoms with Crippen LogP contribution in [0.2, 0.25) is 0 Å². The fourth-order valence-corrected chi connectivity index (χ4v) is 3.16. The van der Waals surface area contributed by atoms with Gasteiger partial charge in [-0.25, -0.2) is 0 Å². The minimum Gasteiger partial charge on any atom is -0.508 e. The summed E-state index contributed by atoms with van der Waals surface area (Å²) in [7, 11) is 0. The van der Waals surface area contributed by atoms with Gasteiger partial charge in [0.1, 0.15) is 16.9 Å². The number of nitrogens with one attached hydrogen (secondary N) is 1. The van der Waals surface area contributed by atoms with E-state index < -0.39 is 0 Å². The van der Waals surface area contributed by atoms with Crippen LogP contribution in [-0.2, 0) is 0 Å². The molecule has 100 valence electrons.